The van der Waals surface area contributed by atoms with Crippen molar-refractivity contribution in [2.75, 3.05) is 51.9 Å². The number of rotatable bonds is 9. The van der Waals surface area contributed by atoms with Crippen molar-refractivity contribution in [1.82, 2.24) is 9.88 Å². The number of anilines is 2. The zero-order valence-electron chi connectivity index (χ0n) is 20.6. The normalized spacial score (nSPS) is 13.6. The number of morpholine rings is 1. The highest BCUT2D eigenvalue weighted by molar-refractivity contribution is 5.97. The first-order chi connectivity index (χ1) is 18.2. The Balaban J connectivity index is 1.36. The van der Waals surface area contributed by atoms with Gasteiger partial charge in [-0.2, -0.15) is 5.26 Å². The number of nitriles is 1. The zero-order valence-corrected chi connectivity index (χ0v) is 20.6. The standard InChI is InChI=1S/C29H28N4O4/c1-34-27-17-25-26(18-28(27)36-16-13-33-11-14-35-15-12-33)31-20-21(19-30)29(25)32-22-7-9-24(10-8-22)37-23-5-3-2-4-6-23/h2-10,17-18,20H,11-16H2,1H3,(H,31,32). The second-order valence-electron chi connectivity index (χ2n) is 8.55. The van der Waals surface area contributed by atoms with E-state index < -0.39 is 0 Å². The number of nitrogens with one attached hydrogen (secondary N) is 1. The van der Waals surface area contributed by atoms with Crippen molar-refractivity contribution in [1.29, 1.82) is 5.26 Å². The van der Waals surface area contributed by atoms with E-state index in [-0.39, 0.29) is 0 Å². The molecule has 0 amide bonds. The molecule has 1 fully saturated rings. The summed E-state index contributed by atoms with van der Waals surface area (Å²) in [7, 11) is 1.61. The predicted molar refractivity (Wildman–Crippen MR) is 142 cm³/mol. The van der Waals surface area contributed by atoms with Crippen molar-refractivity contribution in [3.05, 3.63) is 78.5 Å². The maximum Gasteiger partial charge on any atom is 0.163 e. The Bertz CT molecular complexity index is 1380. The van der Waals surface area contributed by atoms with E-state index in [1.54, 1.807) is 13.3 Å². The number of aromatic nitrogens is 1. The highest BCUT2D eigenvalue weighted by Crippen LogP contribution is 2.37. The van der Waals surface area contributed by atoms with Gasteiger partial charge in [0.1, 0.15) is 24.2 Å². The van der Waals surface area contributed by atoms with Crippen molar-refractivity contribution in [3.8, 4) is 29.1 Å². The summed E-state index contributed by atoms with van der Waals surface area (Å²) in [6.45, 7) is 4.66. The summed E-state index contributed by atoms with van der Waals surface area (Å²) in [5.74, 6) is 2.69. The molecule has 0 bridgehead atoms. The van der Waals surface area contributed by atoms with Crippen LogP contribution in [0.1, 0.15) is 5.56 Å². The lowest BCUT2D eigenvalue weighted by atomic mass is 10.1. The van der Waals surface area contributed by atoms with Crippen LogP contribution in [0, 0.1) is 11.3 Å². The van der Waals surface area contributed by atoms with Gasteiger partial charge in [-0.15, -0.1) is 0 Å². The summed E-state index contributed by atoms with van der Waals surface area (Å²) in [5.41, 5.74) is 2.60. The molecule has 0 aliphatic carbocycles. The van der Waals surface area contributed by atoms with Crippen LogP contribution in [-0.4, -0.2) is 56.4 Å². The van der Waals surface area contributed by atoms with E-state index in [0.29, 0.717) is 34.9 Å². The number of hydrogen-bond acceptors (Lipinski definition) is 8. The molecule has 0 spiro atoms. The molecule has 3 aromatic carbocycles. The van der Waals surface area contributed by atoms with Crippen LogP contribution in [0.3, 0.4) is 0 Å². The molecule has 1 aromatic heterocycles. The lowest BCUT2D eigenvalue weighted by Crippen LogP contribution is -2.38. The molecule has 0 unspecified atom stereocenters. The van der Waals surface area contributed by atoms with Crippen molar-refractivity contribution < 1.29 is 18.9 Å². The molecule has 4 aromatic rings. The fourth-order valence-electron chi connectivity index (χ4n) is 4.18. The molecule has 0 atom stereocenters. The average Bonchev–Trinajstić information content (AvgIpc) is 2.95. The summed E-state index contributed by atoms with van der Waals surface area (Å²) in [4.78, 5) is 6.82. The van der Waals surface area contributed by atoms with E-state index in [1.165, 1.54) is 0 Å². The number of ether oxygens (including phenoxy) is 4. The van der Waals surface area contributed by atoms with Crippen molar-refractivity contribution in [2.45, 2.75) is 0 Å². The van der Waals surface area contributed by atoms with E-state index in [4.69, 9.17) is 18.9 Å². The van der Waals surface area contributed by atoms with Gasteiger partial charge in [-0.1, -0.05) is 18.2 Å². The van der Waals surface area contributed by atoms with Gasteiger partial charge in [0.2, 0.25) is 0 Å². The Labute approximate surface area is 216 Å². The molecule has 0 saturated carbocycles. The van der Waals surface area contributed by atoms with Gasteiger partial charge in [0.05, 0.1) is 37.1 Å². The fourth-order valence-corrected chi connectivity index (χ4v) is 4.18. The first-order valence-corrected chi connectivity index (χ1v) is 12.2. The van der Waals surface area contributed by atoms with Gasteiger partial charge in [0, 0.05) is 43.0 Å². The number of methoxy groups -OCH3 is 1. The summed E-state index contributed by atoms with van der Waals surface area (Å²) in [6, 6.07) is 23.2. The van der Waals surface area contributed by atoms with Gasteiger partial charge >= 0.3 is 0 Å². The molecule has 1 aliphatic rings. The first kappa shape index (κ1) is 24.4. The molecule has 5 rings (SSSR count). The Morgan fingerprint density at radius 2 is 1.76 bits per heavy atom. The molecular formula is C29H28N4O4. The van der Waals surface area contributed by atoms with Crippen LogP contribution >= 0.6 is 0 Å². The van der Waals surface area contributed by atoms with Crippen LogP contribution in [-0.2, 0) is 4.74 Å². The van der Waals surface area contributed by atoms with E-state index >= 15 is 0 Å². The largest absolute Gasteiger partial charge is 0.493 e. The number of pyridine rings is 1. The highest BCUT2D eigenvalue weighted by atomic mass is 16.5. The molecule has 37 heavy (non-hydrogen) atoms. The number of benzene rings is 3. The second-order valence-corrected chi connectivity index (χ2v) is 8.55. The molecule has 0 radical (unpaired) electrons. The molecular weight excluding hydrogens is 468 g/mol. The molecule has 2 heterocycles. The van der Waals surface area contributed by atoms with Gasteiger partial charge in [-0.25, -0.2) is 0 Å². The predicted octanol–water partition coefficient (Wildman–Crippen LogP) is 5.36. The molecule has 1 N–H and O–H groups in total. The minimum absolute atomic E-state index is 0.431. The maximum absolute atomic E-state index is 9.77. The van der Waals surface area contributed by atoms with Gasteiger partial charge in [0.15, 0.2) is 11.5 Å². The molecule has 188 valence electrons. The van der Waals surface area contributed by atoms with E-state index in [2.05, 4.69) is 21.3 Å². The van der Waals surface area contributed by atoms with Crippen molar-refractivity contribution in [3.63, 3.8) is 0 Å². The van der Waals surface area contributed by atoms with E-state index in [9.17, 15) is 5.26 Å². The maximum atomic E-state index is 9.77. The van der Waals surface area contributed by atoms with Crippen molar-refractivity contribution >= 4 is 22.3 Å². The third-order valence-corrected chi connectivity index (χ3v) is 6.15. The first-order valence-electron chi connectivity index (χ1n) is 12.2. The number of nitrogens with zero attached hydrogens (tertiary/aromatic N) is 3. The van der Waals surface area contributed by atoms with Crippen molar-refractivity contribution in [2.24, 2.45) is 0 Å². The fraction of sp³-hybridized carbons (Fsp3) is 0.241. The van der Waals surface area contributed by atoms with E-state index in [0.717, 1.165) is 55.4 Å². The zero-order chi connectivity index (χ0) is 25.5. The lowest BCUT2D eigenvalue weighted by Gasteiger charge is -2.26. The van der Waals surface area contributed by atoms with Gasteiger partial charge in [0.25, 0.3) is 0 Å². The minimum Gasteiger partial charge on any atom is -0.493 e. The minimum atomic E-state index is 0.431. The highest BCUT2D eigenvalue weighted by Gasteiger charge is 2.16. The van der Waals surface area contributed by atoms with Crippen LogP contribution < -0.4 is 19.5 Å². The summed E-state index contributed by atoms with van der Waals surface area (Å²) >= 11 is 0. The average molecular weight is 497 g/mol. The van der Waals surface area contributed by atoms with Crippen LogP contribution in [0.15, 0.2) is 72.9 Å². The van der Waals surface area contributed by atoms with Gasteiger partial charge in [-0.3, -0.25) is 9.88 Å². The Kier molecular flexibility index (Phi) is 7.65. The summed E-state index contributed by atoms with van der Waals surface area (Å²) < 4.78 is 23.0. The molecule has 8 heteroatoms. The van der Waals surface area contributed by atoms with Gasteiger partial charge in [-0.05, 0) is 42.5 Å². The molecule has 8 nitrogen and oxygen atoms in total. The smallest absolute Gasteiger partial charge is 0.163 e. The van der Waals surface area contributed by atoms with Gasteiger partial charge < -0.3 is 24.3 Å². The Morgan fingerprint density at radius 1 is 1.00 bits per heavy atom. The Hall–Kier alpha value is -4.32. The number of fused-ring (bicyclic) bond motifs is 1. The third kappa shape index (κ3) is 5.92. The third-order valence-electron chi connectivity index (χ3n) is 6.15. The second kappa shape index (κ2) is 11.6. The monoisotopic (exact) mass is 496 g/mol. The number of hydrogen-bond donors (Lipinski definition) is 1. The lowest BCUT2D eigenvalue weighted by molar-refractivity contribution is 0.0321. The SMILES string of the molecule is COc1cc2c(Nc3ccc(Oc4ccccc4)cc3)c(C#N)cnc2cc1OCCN1CCOCC1. The topological polar surface area (TPSA) is 88.9 Å². The van der Waals surface area contributed by atoms with Crippen LogP contribution in [0.2, 0.25) is 0 Å². The summed E-state index contributed by atoms with van der Waals surface area (Å²) in [5, 5.41) is 13.9. The van der Waals surface area contributed by atoms with E-state index in [1.807, 2.05) is 66.7 Å². The quantitative estimate of drug-likeness (QED) is 0.331. The summed E-state index contributed by atoms with van der Waals surface area (Å²) in [6.07, 6.45) is 1.57. The number of para-hydroxylation sites is 1. The van der Waals surface area contributed by atoms with Crippen LogP contribution in [0.25, 0.3) is 10.9 Å². The Morgan fingerprint density at radius 3 is 2.49 bits per heavy atom. The molecule has 1 saturated heterocycles. The van der Waals surface area contributed by atoms with Crippen LogP contribution in [0.5, 0.6) is 23.0 Å². The molecule has 1 aliphatic heterocycles. The van der Waals surface area contributed by atoms with Crippen LogP contribution in [0.4, 0.5) is 11.4 Å².